The maximum Gasteiger partial charge on any atom is 0.335 e. The van der Waals surface area contributed by atoms with Gasteiger partial charge in [-0.15, -0.1) is 0 Å². The van der Waals surface area contributed by atoms with E-state index >= 15 is 0 Å². The summed E-state index contributed by atoms with van der Waals surface area (Å²) < 4.78 is 12.0. The summed E-state index contributed by atoms with van der Waals surface area (Å²) in [6.07, 6.45) is 1.43. The Hall–Kier alpha value is -3.91. The van der Waals surface area contributed by atoms with Crippen LogP contribution in [0.4, 0.5) is 10.5 Å². The molecular weight excluding hydrogens is 488 g/mol. The highest BCUT2D eigenvalue weighted by molar-refractivity contribution is 9.10. The second kappa shape index (κ2) is 9.70. The number of rotatable bonds is 6. The Labute approximate surface area is 198 Å². The molecule has 1 aliphatic heterocycles. The van der Waals surface area contributed by atoms with E-state index in [9.17, 15) is 14.4 Å². The molecule has 1 fully saturated rings. The Kier molecular flexibility index (Phi) is 6.55. The average Bonchev–Trinajstić information content (AvgIpc) is 2.82. The van der Waals surface area contributed by atoms with Gasteiger partial charge in [0.2, 0.25) is 0 Å². The number of nitrogens with one attached hydrogen (secondary N) is 1. The summed E-state index contributed by atoms with van der Waals surface area (Å²) in [5, 5.41) is 2.22. The van der Waals surface area contributed by atoms with E-state index in [1.807, 2.05) is 24.3 Å². The first kappa shape index (κ1) is 22.3. The quantitative estimate of drug-likeness (QED) is 0.386. The molecule has 0 saturated carbocycles. The number of amides is 4. The van der Waals surface area contributed by atoms with Crippen molar-refractivity contribution in [2.24, 2.45) is 0 Å². The summed E-state index contributed by atoms with van der Waals surface area (Å²) in [7, 11) is 1.52. The summed E-state index contributed by atoms with van der Waals surface area (Å²) >= 11 is 3.49. The third-order valence-corrected chi connectivity index (χ3v) is 5.77. The number of carbonyl (C=O) groups is 3. The van der Waals surface area contributed by atoms with E-state index in [1.165, 1.54) is 13.2 Å². The zero-order valence-electron chi connectivity index (χ0n) is 17.6. The molecule has 1 heterocycles. The van der Waals surface area contributed by atoms with Crippen LogP contribution in [0.15, 0.2) is 82.8 Å². The van der Waals surface area contributed by atoms with Gasteiger partial charge in [-0.3, -0.25) is 14.9 Å². The van der Waals surface area contributed by atoms with Crippen molar-refractivity contribution in [1.82, 2.24) is 5.32 Å². The normalized spacial score (nSPS) is 14.9. The molecule has 0 unspecified atom stereocenters. The first-order valence-electron chi connectivity index (χ1n) is 9.98. The monoisotopic (exact) mass is 506 g/mol. The van der Waals surface area contributed by atoms with Crippen LogP contribution in [0.1, 0.15) is 11.1 Å². The predicted molar refractivity (Wildman–Crippen MR) is 127 cm³/mol. The zero-order valence-corrected chi connectivity index (χ0v) is 19.2. The van der Waals surface area contributed by atoms with Crippen LogP contribution in [0.2, 0.25) is 0 Å². The fraction of sp³-hybridized carbons (Fsp3) is 0.0800. The van der Waals surface area contributed by atoms with Gasteiger partial charge in [0, 0.05) is 15.6 Å². The van der Waals surface area contributed by atoms with E-state index in [4.69, 9.17) is 9.47 Å². The Morgan fingerprint density at radius 3 is 2.36 bits per heavy atom. The van der Waals surface area contributed by atoms with Gasteiger partial charge >= 0.3 is 6.03 Å². The van der Waals surface area contributed by atoms with Gasteiger partial charge in [0.25, 0.3) is 11.8 Å². The van der Waals surface area contributed by atoms with Crippen molar-refractivity contribution in [2.75, 3.05) is 12.0 Å². The molecule has 3 aromatic carbocycles. The van der Waals surface area contributed by atoms with Crippen LogP contribution in [0.25, 0.3) is 6.08 Å². The number of benzene rings is 3. The van der Waals surface area contributed by atoms with Gasteiger partial charge in [-0.1, -0.05) is 52.3 Å². The molecule has 4 amide bonds. The van der Waals surface area contributed by atoms with Crippen molar-refractivity contribution >= 4 is 45.5 Å². The second-order valence-corrected chi connectivity index (χ2v) is 7.93. The molecule has 1 aliphatic rings. The van der Waals surface area contributed by atoms with Crippen molar-refractivity contribution in [3.63, 3.8) is 0 Å². The fourth-order valence-corrected chi connectivity index (χ4v) is 3.68. The number of barbiturate groups is 1. The lowest BCUT2D eigenvalue weighted by atomic mass is 10.1. The third kappa shape index (κ3) is 4.80. The van der Waals surface area contributed by atoms with E-state index < -0.39 is 17.8 Å². The minimum Gasteiger partial charge on any atom is -0.497 e. The number of anilines is 1. The topological polar surface area (TPSA) is 84.9 Å². The Morgan fingerprint density at radius 2 is 1.64 bits per heavy atom. The third-order valence-electron chi connectivity index (χ3n) is 4.99. The summed E-state index contributed by atoms with van der Waals surface area (Å²) in [4.78, 5) is 39.0. The number of methoxy groups -OCH3 is 1. The minimum absolute atomic E-state index is 0.178. The van der Waals surface area contributed by atoms with E-state index in [-0.39, 0.29) is 12.2 Å². The van der Waals surface area contributed by atoms with Crippen molar-refractivity contribution in [3.05, 3.63) is 94.0 Å². The predicted octanol–water partition coefficient (Wildman–Crippen LogP) is 4.70. The van der Waals surface area contributed by atoms with Gasteiger partial charge in [0.15, 0.2) is 0 Å². The van der Waals surface area contributed by atoms with Gasteiger partial charge in [-0.2, -0.15) is 0 Å². The molecule has 8 heteroatoms. The van der Waals surface area contributed by atoms with Gasteiger partial charge < -0.3 is 9.47 Å². The van der Waals surface area contributed by atoms with E-state index in [1.54, 1.807) is 48.5 Å². The number of nitrogens with zero attached hydrogens (tertiary/aromatic N) is 1. The summed E-state index contributed by atoms with van der Waals surface area (Å²) in [6, 6.07) is 20.3. The highest BCUT2D eigenvalue weighted by atomic mass is 79.9. The molecule has 0 atom stereocenters. The van der Waals surface area contributed by atoms with Gasteiger partial charge in [-0.25, -0.2) is 9.69 Å². The number of halogens is 1. The molecule has 0 radical (unpaired) electrons. The lowest BCUT2D eigenvalue weighted by Crippen LogP contribution is -2.54. The summed E-state index contributed by atoms with van der Waals surface area (Å²) in [5.41, 5.74) is 1.62. The number of para-hydroxylation sites is 1. The average molecular weight is 507 g/mol. The Morgan fingerprint density at radius 1 is 0.939 bits per heavy atom. The Balaban J connectivity index is 1.63. The van der Waals surface area contributed by atoms with Crippen LogP contribution >= 0.6 is 15.9 Å². The molecule has 0 bridgehead atoms. The van der Waals surface area contributed by atoms with Crippen LogP contribution in [-0.2, 0) is 16.2 Å². The molecule has 0 spiro atoms. The molecule has 4 rings (SSSR count). The highest BCUT2D eigenvalue weighted by Gasteiger charge is 2.37. The highest BCUT2D eigenvalue weighted by Crippen LogP contribution is 2.27. The van der Waals surface area contributed by atoms with Crippen LogP contribution in [0.5, 0.6) is 11.5 Å². The molecule has 166 valence electrons. The standard InChI is InChI=1S/C25H19BrN2O5/c1-32-19-12-10-18(11-13-19)28-24(30)20(23(29)27-25(28)31)14-16-6-3-5-9-22(16)33-15-17-7-2-4-8-21(17)26/h2-14H,15H2,1H3,(H,27,29,31)/b20-14+. The van der Waals surface area contributed by atoms with E-state index in [0.29, 0.717) is 22.7 Å². The molecule has 33 heavy (non-hydrogen) atoms. The van der Waals surface area contributed by atoms with Crippen molar-refractivity contribution in [2.45, 2.75) is 6.61 Å². The maximum absolute atomic E-state index is 13.1. The number of imide groups is 2. The molecule has 0 aromatic heterocycles. The van der Waals surface area contributed by atoms with Crippen molar-refractivity contribution in [1.29, 1.82) is 0 Å². The summed E-state index contributed by atoms with van der Waals surface area (Å²) in [6.45, 7) is 0.290. The molecule has 1 saturated heterocycles. The molecule has 7 nitrogen and oxygen atoms in total. The second-order valence-electron chi connectivity index (χ2n) is 7.07. The number of hydrogen-bond acceptors (Lipinski definition) is 5. The molecular formula is C25H19BrN2O5. The van der Waals surface area contributed by atoms with E-state index in [0.717, 1.165) is 14.9 Å². The lowest BCUT2D eigenvalue weighted by Gasteiger charge is -2.26. The van der Waals surface area contributed by atoms with Gasteiger partial charge in [0.05, 0.1) is 12.8 Å². The smallest absolute Gasteiger partial charge is 0.335 e. The van der Waals surface area contributed by atoms with Crippen LogP contribution < -0.4 is 19.7 Å². The van der Waals surface area contributed by atoms with Crippen molar-refractivity contribution in [3.8, 4) is 11.5 Å². The maximum atomic E-state index is 13.1. The SMILES string of the molecule is COc1ccc(N2C(=O)NC(=O)/C(=C\c3ccccc3OCc3ccccc3Br)C2=O)cc1. The molecule has 1 N–H and O–H groups in total. The number of urea groups is 1. The number of ether oxygens (including phenoxy) is 2. The first-order valence-corrected chi connectivity index (χ1v) is 10.8. The molecule has 0 aliphatic carbocycles. The fourth-order valence-electron chi connectivity index (χ4n) is 3.28. The number of carbonyl (C=O) groups excluding carboxylic acids is 3. The largest absolute Gasteiger partial charge is 0.497 e. The van der Waals surface area contributed by atoms with Gasteiger partial charge in [0.1, 0.15) is 23.7 Å². The van der Waals surface area contributed by atoms with Crippen LogP contribution in [0.3, 0.4) is 0 Å². The zero-order chi connectivity index (χ0) is 23.4. The number of hydrogen-bond donors (Lipinski definition) is 1. The molecule has 3 aromatic rings. The van der Waals surface area contributed by atoms with Crippen LogP contribution in [0, 0.1) is 0 Å². The summed E-state index contributed by atoms with van der Waals surface area (Å²) in [5.74, 6) is -0.425. The Bertz CT molecular complexity index is 1250. The van der Waals surface area contributed by atoms with E-state index in [2.05, 4.69) is 21.2 Å². The van der Waals surface area contributed by atoms with Crippen molar-refractivity contribution < 1.29 is 23.9 Å². The first-order chi connectivity index (χ1) is 16.0. The lowest BCUT2D eigenvalue weighted by molar-refractivity contribution is -0.122. The van der Waals surface area contributed by atoms with Crippen LogP contribution in [-0.4, -0.2) is 25.0 Å². The minimum atomic E-state index is -0.814. The van der Waals surface area contributed by atoms with Gasteiger partial charge in [-0.05, 0) is 42.5 Å².